The first-order valence-corrected chi connectivity index (χ1v) is 6.02. The maximum Gasteiger partial charge on any atom is 0.363 e. The topological polar surface area (TPSA) is 68.5 Å². The van der Waals surface area contributed by atoms with Crippen LogP contribution in [0.25, 0.3) is 0 Å². The molecular weight excluding hydrogens is 234 g/mol. The SMILES string of the molecule is C[C@@]12COC[C@@H]1CN(c1ccc([N+](=O)[O-])nc1)C2. The van der Waals surface area contributed by atoms with Gasteiger partial charge in [-0.1, -0.05) is 6.92 Å². The Hall–Kier alpha value is -1.69. The number of aromatic nitrogens is 1. The number of nitrogens with zero attached hydrogens (tertiary/aromatic N) is 3. The van der Waals surface area contributed by atoms with Crippen molar-refractivity contribution in [1.29, 1.82) is 0 Å². The van der Waals surface area contributed by atoms with Crippen LogP contribution in [0.3, 0.4) is 0 Å². The molecule has 3 rings (SSSR count). The van der Waals surface area contributed by atoms with E-state index in [-0.39, 0.29) is 11.2 Å². The monoisotopic (exact) mass is 249 g/mol. The molecule has 0 unspecified atom stereocenters. The summed E-state index contributed by atoms with van der Waals surface area (Å²) >= 11 is 0. The van der Waals surface area contributed by atoms with Crippen LogP contribution in [0.4, 0.5) is 11.5 Å². The van der Waals surface area contributed by atoms with E-state index < -0.39 is 4.92 Å². The number of pyridine rings is 1. The van der Waals surface area contributed by atoms with Gasteiger partial charge in [0, 0.05) is 30.5 Å². The van der Waals surface area contributed by atoms with Gasteiger partial charge in [-0.05, 0) is 16.0 Å². The zero-order chi connectivity index (χ0) is 12.8. The van der Waals surface area contributed by atoms with Crippen molar-refractivity contribution in [3.05, 3.63) is 28.4 Å². The molecule has 2 aliphatic heterocycles. The molecule has 0 aromatic carbocycles. The predicted molar refractivity (Wildman–Crippen MR) is 65.5 cm³/mol. The third-order valence-corrected chi connectivity index (χ3v) is 4.01. The molecule has 0 radical (unpaired) electrons. The van der Waals surface area contributed by atoms with Gasteiger partial charge in [0.05, 0.1) is 18.9 Å². The molecule has 1 aromatic heterocycles. The molecule has 1 aromatic rings. The number of rotatable bonds is 2. The Morgan fingerprint density at radius 1 is 1.61 bits per heavy atom. The quantitative estimate of drug-likeness (QED) is 0.586. The summed E-state index contributed by atoms with van der Waals surface area (Å²) in [5.41, 5.74) is 1.16. The lowest BCUT2D eigenvalue weighted by Gasteiger charge is -2.22. The van der Waals surface area contributed by atoms with E-state index in [9.17, 15) is 10.1 Å². The summed E-state index contributed by atoms with van der Waals surface area (Å²) < 4.78 is 5.52. The van der Waals surface area contributed by atoms with Crippen molar-refractivity contribution >= 4 is 11.5 Å². The fourth-order valence-electron chi connectivity index (χ4n) is 2.84. The molecule has 2 saturated heterocycles. The first-order chi connectivity index (χ1) is 8.58. The van der Waals surface area contributed by atoms with Crippen LogP contribution in [0.2, 0.25) is 0 Å². The van der Waals surface area contributed by atoms with Gasteiger partial charge in [-0.2, -0.15) is 0 Å². The van der Waals surface area contributed by atoms with E-state index in [0.717, 1.165) is 32.0 Å². The lowest BCUT2D eigenvalue weighted by molar-refractivity contribution is -0.389. The maximum atomic E-state index is 10.6. The number of anilines is 1. The molecular formula is C12H15N3O3. The molecule has 18 heavy (non-hydrogen) atoms. The second-order valence-electron chi connectivity index (χ2n) is 5.38. The molecule has 0 amide bonds. The average Bonchev–Trinajstić information content (AvgIpc) is 2.84. The molecule has 0 aliphatic carbocycles. The first-order valence-electron chi connectivity index (χ1n) is 6.02. The van der Waals surface area contributed by atoms with Crippen LogP contribution < -0.4 is 4.90 Å². The zero-order valence-electron chi connectivity index (χ0n) is 10.2. The molecule has 6 nitrogen and oxygen atoms in total. The molecule has 3 heterocycles. The van der Waals surface area contributed by atoms with Gasteiger partial charge < -0.3 is 19.8 Å². The summed E-state index contributed by atoms with van der Waals surface area (Å²) in [4.78, 5) is 16.2. The summed E-state index contributed by atoms with van der Waals surface area (Å²) in [6.07, 6.45) is 1.59. The number of nitro groups is 1. The number of hydrogen-bond donors (Lipinski definition) is 0. The highest BCUT2D eigenvalue weighted by atomic mass is 16.6. The van der Waals surface area contributed by atoms with Gasteiger partial charge in [-0.3, -0.25) is 0 Å². The van der Waals surface area contributed by atoms with Crippen LogP contribution in [0.1, 0.15) is 6.92 Å². The maximum absolute atomic E-state index is 10.6. The van der Waals surface area contributed by atoms with Gasteiger partial charge in [-0.15, -0.1) is 0 Å². The standard InChI is InChI=1S/C12H15N3O3/c1-12-7-14(5-9(12)6-18-8-12)10-2-3-11(13-4-10)15(16)17/h2-4,9H,5-8H2,1H3/t9-,12+/m0/s1. The van der Waals surface area contributed by atoms with Gasteiger partial charge in [0.2, 0.25) is 0 Å². The lowest BCUT2D eigenvalue weighted by atomic mass is 9.83. The normalized spacial score (nSPS) is 30.5. The van der Waals surface area contributed by atoms with E-state index in [2.05, 4.69) is 16.8 Å². The van der Waals surface area contributed by atoms with Crippen molar-refractivity contribution in [2.24, 2.45) is 11.3 Å². The molecule has 2 aliphatic rings. The molecule has 0 saturated carbocycles. The fraction of sp³-hybridized carbons (Fsp3) is 0.583. The number of fused-ring (bicyclic) bond motifs is 1. The van der Waals surface area contributed by atoms with Crippen LogP contribution in [0.15, 0.2) is 18.3 Å². The predicted octanol–water partition coefficient (Wildman–Crippen LogP) is 1.46. The van der Waals surface area contributed by atoms with Crippen LogP contribution in [-0.4, -0.2) is 36.2 Å². The fourth-order valence-corrected chi connectivity index (χ4v) is 2.84. The van der Waals surface area contributed by atoms with Crippen molar-refractivity contribution in [2.75, 3.05) is 31.2 Å². The van der Waals surface area contributed by atoms with Crippen molar-refractivity contribution in [3.8, 4) is 0 Å². The summed E-state index contributed by atoms with van der Waals surface area (Å²) in [5.74, 6) is 0.445. The third-order valence-electron chi connectivity index (χ3n) is 4.01. The van der Waals surface area contributed by atoms with Crippen LogP contribution >= 0.6 is 0 Å². The highest BCUT2D eigenvalue weighted by Crippen LogP contribution is 2.42. The molecule has 2 fully saturated rings. The Morgan fingerprint density at radius 3 is 3.06 bits per heavy atom. The van der Waals surface area contributed by atoms with Crippen molar-refractivity contribution in [3.63, 3.8) is 0 Å². The molecule has 0 spiro atoms. The Bertz CT molecular complexity index is 476. The highest BCUT2D eigenvalue weighted by molar-refractivity contribution is 5.48. The van der Waals surface area contributed by atoms with Gasteiger partial charge >= 0.3 is 5.82 Å². The summed E-state index contributed by atoms with van der Waals surface area (Å²) in [6.45, 7) is 5.72. The second-order valence-corrected chi connectivity index (χ2v) is 5.38. The minimum absolute atomic E-state index is 0.104. The minimum Gasteiger partial charge on any atom is -0.380 e. The van der Waals surface area contributed by atoms with Gasteiger partial charge in [-0.25, -0.2) is 0 Å². The highest BCUT2D eigenvalue weighted by Gasteiger charge is 2.47. The third kappa shape index (κ3) is 1.73. The van der Waals surface area contributed by atoms with Gasteiger partial charge in [0.1, 0.15) is 0 Å². The molecule has 6 heteroatoms. The van der Waals surface area contributed by atoms with E-state index in [1.54, 1.807) is 12.3 Å². The van der Waals surface area contributed by atoms with E-state index in [4.69, 9.17) is 4.74 Å². The van der Waals surface area contributed by atoms with Crippen LogP contribution in [-0.2, 0) is 4.74 Å². The first kappa shape index (κ1) is 11.4. The van der Waals surface area contributed by atoms with E-state index >= 15 is 0 Å². The molecule has 96 valence electrons. The van der Waals surface area contributed by atoms with E-state index in [1.165, 1.54) is 6.07 Å². The Labute approximate surface area is 105 Å². The largest absolute Gasteiger partial charge is 0.380 e. The second kappa shape index (κ2) is 3.91. The number of ether oxygens (including phenoxy) is 1. The van der Waals surface area contributed by atoms with E-state index in [0.29, 0.717) is 5.92 Å². The van der Waals surface area contributed by atoms with Crippen molar-refractivity contribution in [1.82, 2.24) is 4.98 Å². The smallest absolute Gasteiger partial charge is 0.363 e. The zero-order valence-corrected chi connectivity index (χ0v) is 10.2. The Balaban J connectivity index is 1.79. The van der Waals surface area contributed by atoms with Crippen molar-refractivity contribution in [2.45, 2.75) is 6.92 Å². The Morgan fingerprint density at radius 2 is 2.44 bits per heavy atom. The lowest BCUT2D eigenvalue weighted by Crippen LogP contribution is -2.27. The molecule has 0 N–H and O–H groups in total. The molecule has 0 bridgehead atoms. The minimum atomic E-state index is -0.475. The summed E-state index contributed by atoms with van der Waals surface area (Å²) in [5, 5.41) is 10.6. The van der Waals surface area contributed by atoms with Crippen LogP contribution in [0, 0.1) is 21.4 Å². The van der Waals surface area contributed by atoms with Crippen molar-refractivity contribution < 1.29 is 9.66 Å². The van der Waals surface area contributed by atoms with Gasteiger partial charge in [0.25, 0.3) is 0 Å². The van der Waals surface area contributed by atoms with Crippen LogP contribution in [0.5, 0.6) is 0 Å². The average molecular weight is 249 g/mol. The summed E-state index contributed by atoms with van der Waals surface area (Å²) in [7, 11) is 0. The van der Waals surface area contributed by atoms with Gasteiger partial charge in [0.15, 0.2) is 6.20 Å². The number of hydrogen-bond acceptors (Lipinski definition) is 5. The molecule has 2 atom stereocenters. The van der Waals surface area contributed by atoms with E-state index in [1.807, 2.05) is 0 Å². The Kier molecular flexibility index (Phi) is 2.48. The summed E-state index contributed by atoms with van der Waals surface area (Å²) in [6, 6.07) is 3.23.